The van der Waals surface area contributed by atoms with Gasteiger partial charge in [0.25, 0.3) is 5.91 Å². The molecule has 2 heterocycles. The van der Waals surface area contributed by atoms with Gasteiger partial charge in [-0.15, -0.1) is 0 Å². The fourth-order valence-electron chi connectivity index (χ4n) is 2.67. The number of aromatic nitrogens is 2. The molecule has 0 aliphatic rings. The van der Waals surface area contributed by atoms with Gasteiger partial charge in [0.2, 0.25) is 0 Å². The van der Waals surface area contributed by atoms with E-state index in [1.807, 2.05) is 66.6 Å². The minimum atomic E-state index is -0.0196. The summed E-state index contributed by atoms with van der Waals surface area (Å²) in [5.41, 5.74) is 3.58. The fraction of sp³-hybridized carbons (Fsp3) is 0.190. The number of benzene rings is 1. The molecular weight excluding hydrogens is 324 g/mol. The number of carbonyl (C=O) groups excluding carboxylic acids is 1. The summed E-state index contributed by atoms with van der Waals surface area (Å²) in [6.45, 7) is 3.85. The molecule has 0 bridgehead atoms. The van der Waals surface area contributed by atoms with Crippen LogP contribution in [-0.2, 0) is 13.1 Å². The van der Waals surface area contributed by atoms with E-state index in [1.165, 1.54) is 0 Å². The number of rotatable bonds is 7. The number of anilines is 1. The van der Waals surface area contributed by atoms with Gasteiger partial charge in [0.15, 0.2) is 0 Å². The number of pyridine rings is 2. The minimum Gasteiger partial charge on any atom is -0.380 e. The highest BCUT2D eigenvalue weighted by molar-refractivity contribution is 5.94. The predicted molar refractivity (Wildman–Crippen MR) is 103 cm³/mol. The first-order valence-corrected chi connectivity index (χ1v) is 8.67. The van der Waals surface area contributed by atoms with Crippen LogP contribution in [0, 0.1) is 0 Å². The zero-order valence-electron chi connectivity index (χ0n) is 14.8. The van der Waals surface area contributed by atoms with Crippen molar-refractivity contribution in [1.82, 2.24) is 14.9 Å². The smallest absolute Gasteiger partial charge is 0.255 e. The Balaban J connectivity index is 1.68. The third-order valence-corrected chi connectivity index (χ3v) is 4.09. The van der Waals surface area contributed by atoms with E-state index in [9.17, 15) is 4.79 Å². The molecule has 0 saturated carbocycles. The Morgan fingerprint density at radius 2 is 1.81 bits per heavy atom. The van der Waals surface area contributed by atoms with Crippen LogP contribution in [0.2, 0.25) is 0 Å². The molecule has 3 aromatic rings. The Labute approximate surface area is 153 Å². The largest absolute Gasteiger partial charge is 0.380 e. The van der Waals surface area contributed by atoms with Crippen molar-refractivity contribution < 1.29 is 4.79 Å². The van der Waals surface area contributed by atoms with Gasteiger partial charge in [0, 0.05) is 44.4 Å². The summed E-state index contributed by atoms with van der Waals surface area (Å²) in [5, 5.41) is 3.29. The summed E-state index contributed by atoms with van der Waals surface area (Å²) in [6.07, 6.45) is 6.90. The van der Waals surface area contributed by atoms with Crippen LogP contribution in [-0.4, -0.2) is 27.3 Å². The normalized spacial score (nSPS) is 10.3. The lowest BCUT2D eigenvalue weighted by molar-refractivity contribution is 0.0752. The van der Waals surface area contributed by atoms with E-state index in [4.69, 9.17) is 0 Å². The van der Waals surface area contributed by atoms with Crippen LogP contribution in [0.1, 0.15) is 28.4 Å². The Hall–Kier alpha value is -3.21. The van der Waals surface area contributed by atoms with Crippen LogP contribution in [0.15, 0.2) is 73.3 Å². The first kappa shape index (κ1) is 17.6. The molecule has 3 rings (SSSR count). The molecule has 5 nitrogen and oxygen atoms in total. The Morgan fingerprint density at radius 3 is 2.54 bits per heavy atom. The quantitative estimate of drug-likeness (QED) is 0.708. The number of carbonyl (C=O) groups is 1. The van der Waals surface area contributed by atoms with Gasteiger partial charge >= 0.3 is 0 Å². The maximum Gasteiger partial charge on any atom is 0.255 e. The first-order chi connectivity index (χ1) is 12.8. The molecule has 2 aromatic heterocycles. The number of hydrogen-bond acceptors (Lipinski definition) is 4. The van der Waals surface area contributed by atoms with Crippen LogP contribution < -0.4 is 5.32 Å². The summed E-state index contributed by atoms with van der Waals surface area (Å²) in [5.74, 6) is -0.0196. The number of nitrogens with zero attached hydrogens (tertiary/aromatic N) is 3. The van der Waals surface area contributed by atoms with Crippen molar-refractivity contribution >= 4 is 11.6 Å². The molecule has 132 valence electrons. The Bertz CT molecular complexity index is 837. The molecular formula is C21H22N4O. The van der Waals surface area contributed by atoms with Gasteiger partial charge in [-0.3, -0.25) is 14.8 Å². The summed E-state index contributed by atoms with van der Waals surface area (Å²) < 4.78 is 0. The number of amides is 1. The first-order valence-electron chi connectivity index (χ1n) is 8.67. The Kier molecular flexibility index (Phi) is 5.93. The van der Waals surface area contributed by atoms with Gasteiger partial charge in [-0.1, -0.05) is 36.4 Å². The van der Waals surface area contributed by atoms with Crippen LogP contribution in [0.4, 0.5) is 5.69 Å². The van der Waals surface area contributed by atoms with Gasteiger partial charge in [0.05, 0.1) is 11.3 Å². The molecule has 0 saturated heterocycles. The topological polar surface area (TPSA) is 58.1 Å². The zero-order valence-corrected chi connectivity index (χ0v) is 14.8. The van der Waals surface area contributed by atoms with Crippen LogP contribution >= 0.6 is 0 Å². The van der Waals surface area contributed by atoms with Gasteiger partial charge in [-0.2, -0.15) is 0 Å². The van der Waals surface area contributed by atoms with E-state index in [0.29, 0.717) is 25.2 Å². The maximum absolute atomic E-state index is 12.9. The molecule has 1 aromatic carbocycles. The lowest BCUT2D eigenvalue weighted by atomic mass is 10.2. The van der Waals surface area contributed by atoms with Crippen LogP contribution in [0.25, 0.3) is 0 Å². The number of hydrogen-bond donors (Lipinski definition) is 1. The van der Waals surface area contributed by atoms with Crippen molar-refractivity contribution in [3.05, 3.63) is 90.0 Å². The van der Waals surface area contributed by atoms with E-state index < -0.39 is 0 Å². The average Bonchev–Trinajstić information content (AvgIpc) is 2.72. The molecule has 5 heteroatoms. The van der Waals surface area contributed by atoms with Crippen molar-refractivity contribution in [3.63, 3.8) is 0 Å². The second-order valence-electron chi connectivity index (χ2n) is 5.98. The maximum atomic E-state index is 12.9. The molecule has 0 unspecified atom stereocenters. The third kappa shape index (κ3) is 4.66. The lowest BCUT2D eigenvalue weighted by Gasteiger charge is -2.21. The molecule has 0 fully saturated rings. The molecule has 1 N–H and O–H groups in total. The van der Waals surface area contributed by atoms with Gasteiger partial charge < -0.3 is 10.2 Å². The van der Waals surface area contributed by atoms with Crippen LogP contribution in [0.5, 0.6) is 0 Å². The molecule has 0 spiro atoms. The van der Waals surface area contributed by atoms with E-state index in [0.717, 1.165) is 16.8 Å². The summed E-state index contributed by atoms with van der Waals surface area (Å²) >= 11 is 0. The van der Waals surface area contributed by atoms with Crippen molar-refractivity contribution in [2.45, 2.75) is 20.0 Å². The standard InChI is InChI=1S/C21H22N4O/c1-2-25(16-17-7-4-3-5-8-17)21(26)19-11-20(15-23-14-19)24-13-18-9-6-10-22-12-18/h3-12,14-15,24H,2,13,16H2,1H3. The second kappa shape index (κ2) is 8.76. The van der Waals surface area contributed by atoms with Gasteiger partial charge in [0.1, 0.15) is 0 Å². The highest BCUT2D eigenvalue weighted by atomic mass is 16.2. The third-order valence-electron chi connectivity index (χ3n) is 4.09. The molecule has 0 radical (unpaired) electrons. The van der Waals surface area contributed by atoms with Crippen molar-refractivity contribution in [2.75, 3.05) is 11.9 Å². The fourth-order valence-corrected chi connectivity index (χ4v) is 2.67. The molecule has 0 aliphatic carbocycles. The van der Waals surface area contributed by atoms with E-state index in [-0.39, 0.29) is 5.91 Å². The average molecular weight is 346 g/mol. The van der Waals surface area contributed by atoms with Crippen molar-refractivity contribution in [1.29, 1.82) is 0 Å². The summed E-state index contributed by atoms with van der Waals surface area (Å²) in [6, 6.07) is 15.7. The molecule has 26 heavy (non-hydrogen) atoms. The van der Waals surface area contributed by atoms with Gasteiger partial charge in [-0.25, -0.2) is 0 Å². The van der Waals surface area contributed by atoms with E-state index in [2.05, 4.69) is 15.3 Å². The monoisotopic (exact) mass is 346 g/mol. The molecule has 0 atom stereocenters. The van der Waals surface area contributed by atoms with Gasteiger partial charge in [-0.05, 0) is 30.2 Å². The SMILES string of the molecule is CCN(Cc1ccccc1)C(=O)c1cncc(NCc2cccnc2)c1. The predicted octanol–water partition coefficient (Wildman–Crippen LogP) is 3.75. The highest BCUT2D eigenvalue weighted by Gasteiger charge is 2.15. The molecule has 0 aliphatic heterocycles. The lowest BCUT2D eigenvalue weighted by Crippen LogP contribution is -2.30. The summed E-state index contributed by atoms with van der Waals surface area (Å²) in [4.78, 5) is 23.0. The minimum absolute atomic E-state index is 0.0196. The zero-order chi connectivity index (χ0) is 18.2. The second-order valence-corrected chi connectivity index (χ2v) is 5.98. The van der Waals surface area contributed by atoms with E-state index in [1.54, 1.807) is 18.6 Å². The Morgan fingerprint density at radius 1 is 1.00 bits per heavy atom. The van der Waals surface area contributed by atoms with E-state index >= 15 is 0 Å². The molecule has 1 amide bonds. The summed E-state index contributed by atoms with van der Waals surface area (Å²) in [7, 11) is 0. The van der Waals surface area contributed by atoms with Crippen LogP contribution in [0.3, 0.4) is 0 Å². The highest BCUT2D eigenvalue weighted by Crippen LogP contribution is 2.14. The number of nitrogens with one attached hydrogen (secondary N) is 1. The van der Waals surface area contributed by atoms with Crippen molar-refractivity contribution in [3.8, 4) is 0 Å². The van der Waals surface area contributed by atoms with Crippen molar-refractivity contribution in [2.24, 2.45) is 0 Å².